The number of carbonyl (C=O) groups is 2. The summed E-state index contributed by atoms with van der Waals surface area (Å²) in [7, 11) is -2.76. The van der Waals surface area contributed by atoms with Crippen LogP contribution in [0.25, 0.3) is 22.3 Å². The number of amides is 2. The predicted molar refractivity (Wildman–Crippen MR) is 241 cm³/mol. The van der Waals surface area contributed by atoms with Crippen LogP contribution in [0.3, 0.4) is 0 Å². The largest absolute Gasteiger partial charge is 0.408 e. The third kappa shape index (κ3) is 9.79. The first-order valence-electron chi connectivity index (χ1n) is 20.3. The summed E-state index contributed by atoms with van der Waals surface area (Å²) in [5.74, 6) is -1.44. The van der Waals surface area contributed by atoms with E-state index < -0.39 is 107 Å². The lowest BCUT2D eigenvalue weighted by Gasteiger charge is -2.40. The van der Waals surface area contributed by atoms with E-state index in [1.165, 1.54) is 21.8 Å². The Kier molecular flexibility index (Phi) is 13.2. The molecule has 4 unspecified atom stereocenters. The molecule has 3 aliphatic rings. The Hall–Kier alpha value is -3.85. The van der Waals surface area contributed by atoms with Gasteiger partial charge in [0.05, 0.1) is 25.9 Å². The minimum Gasteiger partial charge on any atom is -0.408 e. The van der Waals surface area contributed by atoms with Crippen molar-refractivity contribution >= 4 is 91.3 Å². The number of carbonyl (C=O) groups excluding carboxylic acids is 2. The van der Waals surface area contributed by atoms with Crippen LogP contribution in [0, 0.1) is 5.92 Å². The summed E-state index contributed by atoms with van der Waals surface area (Å²) >= 11 is 11.1. The number of halogens is 1. The summed E-state index contributed by atoms with van der Waals surface area (Å²) in [4.78, 5) is 86.2. The number of H-pyrrole nitrogens is 1. The average Bonchev–Trinajstić information content (AvgIpc) is 4.00. The maximum Gasteiger partial charge on any atom is 0.325 e. The van der Waals surface area contributed by atoms with Crippen molar-refractivity contribution in [1.82, 2.24) is 39.0 Å². The molecule has 65 heavy (non-hydrogen) atoms. The van der Waals surface area contributed by atoms with Crippen molar-refractivity contribution in [3.05, 3.63) is 65.2 Å². The number of ether oxygens (including phenoxy) is 2. The van der Waals surface area contributed by atoms with Gasteiger partial charge in [0, 0.05) is 11.5 Å². The number of nitrogens with zero attached hydrogens (tertiary/aromatic N) is 7. The first-order chi connectivity index (χ1) is 30.5. The van der Waals surface area contributed by atoms with Gasteiger partial charge in [-0.15, -0.1) is 0 Å². The van der Waals surface area contributed by atoms with Gasteiger partial charge in [-0.1, -0.05) is 52.8 Å². The number of nitrogens with one attached hydrogen (secondary N) is 3. The Morgan fingerprint density at radius 1 is 0.908 bits per heavy atom. The molecule has 1 aromatic carbocycles. The highest BCUT2D eigenvalue weighted by molar-refractivity contribution is 8.07. The third-order valence-electron chi connectivity index (χ3n) is 11.5. The van der Waals surface area contributed by atoms with Crippen LogP contribution < -0.4 is 16.2 Å². The van der Waals surface area contributed by atoms with Gasteiger partial charge in [0.2, 0.25) is 11.9 Å². The van der Waals surface area contributed by atoms with E-state index in [1.54, 1.807) is 44.2 Å². The zero-order chi connectivity index (χ0) is 46.8. The molecule has 5 N–H and O–H groups in total. The predicted octanol–water partition coefficient (Wildman–Crippen LogP) is 4.58. The summed E-state index contributed by atoms with van der Waals surface area (Å²) in [6.45, 7) is 3.34. The molecule has 3 saturated heterocycles. The molecular formula is C37H47FN10O12P2S2Si. The van der Waals surface area contributed by atoms with E-state index in [1.807, 2.05) is 33.9 Å². The maximum atomic E-state index is 16.8. The number of fused-ring (bicyclic) bond motifs is 5. The molecule has 0 aliphatic carbocycles. The molecule has 0 spiro atoms. The lowest BCUT2D eigenvalue weighted by atomic mass is 10.1. The Balaban J connectivity index is 1.12. The Labute approximate surface area is 381 Å². The number of alkyl halides is 1. The second kappa shape index (κ2) is 18.0. The smallest absolute Gasteiger partial charge is 0.325 e. The van der Waals surface area contributed by atoms with Gasteiger partial charge in [-0.2, -0.15) is 4.98 Å². The first-order valence-corrected chi connectivity index (χ1v) is 28.4. The molecule has 8 rings (SSSR count). The maximum absolute atomic E-state index is 16.8. The highest BCUT2D eigenvalue weighted by Crippen LogP contribution is 2.55. The van der Waals surface area contributed by atoms with E-state index in [4.69, 9.17) is 55.6 Å². The van der Waals surface area contributed by atoms with E-state index in [0.717, 1.165) is 6.33 Å². The fourth-order valence-electron chi connectivity index (χ4n) is 7.05. The van der Waals surface area contributed by atoms with E-state index in [2.05, 4.69) is 40.5 Å². The van der Waals surface area contributed by atoms with Crippen molar-refractivity contribution in [2.45, 2.75) is 102 Å². The number of anilines is 2. The number of aromatic nitrogens is 8. The second-order valence-corrected chi connectivity index (χ2v) is 27.7. The quantitative estimate of drug-likeness (QED) is 0.105. The molecule has 22 nitrogen and oxygen atoms in total. The fraction of sp³-hybridized carbons (Fsp3) is 0.514. The molecule has 5 aromatic rings. The van der Waals surface area contributed by atoms with Crippen molar-refractivity contribution in [2.24, 2.45) is 5.92 Å². The third-order valence-corrected chi connectivity index (χ3v) is 19.1. The second-order valence-electron chi connectivity index (χ2n) is 17.3. The highest BCUT2D eigenvalue weighted by atomic mass is 32.5. The molecule has 0 saturated carbocycles. The molecule has 2 bridgehead atoms. The van der Waals surface area contributed by atoms with Crippen LogP contribution in [-0.2, 0) is 60.4 Å². The van der Waals surface area contributed by atoms with E-state index >= 15 is 4.39 Å². The van der Waals surface area contributed by atoms with Gasteiger partial charge in [-0.05, 0) is 53.9 Å². The summed E-state index contributed by atoms with van der Waals surface area (Å²) in [6.07, 6.45) is -7.93. The minimum absolute atomic E-state index is 0.0341. The van der Waals surface area contributed by atoms with Gasteiger partial charge in [0.25, 0.3) is 11.5 Å². The van der Waals surface area contributed by atoms with Crippen molar-refractivity contribution in [1.29, 1.82) is 0 Å². The fourth-order valence-corrected chi connectivity index (χ4v) is 11.2. The van der Waals surface area contributed by atoms with E-state index in [-0.39, 0.29) is 39.1 Å². The zero-order valence-electron chi connectivity index (χ0n) is 35.9. The van der Waals surface area contributed by atoms with Gasteiger partial charge >= 0.3 is 13.4 Å². The van der Waals surface area contributed by atoms with Crippen molar-refractivity contribution < 1.29 is 55.8 Å². The Bertz CT molecular complexity index is 2780. The molecule has 3 fully saturated rings. The lowest BCUT2D eigenvalue weighted by Crippen LogP contribution is -2.50. The molecule has 2 amide bonds. The van der Waals surface area contributed by atoms with Crippen LogP contribution in [0.2, 0.25) is 18.1 Å². The summed E-state index contributed by atoms with van der Waals surface area (Å²) < 4.78 is 63.0. The number of aromatic amines is 1. The summed E-state index contributed by atoms with van der Waals surface area (Å²) in [5.41, 5.74) is -0.271. The number of hydrogen-bond acceptors (Lipinski definition) is 17. The van der Waals surface area contributed by atoms with Gasteiger partial charge in [0.1, 0.15) is 36.8 Å². The summed E-state index contributed by atoms with van der Waals surface area (Å²) in [6, 6.07) is 8.41. The van der Waals surface area contributed by atoms with Gasteiger partial charge < -0.3 is 38.1 Å². The molecule has 4 aromatic heterocycles. The number of rotatable bonds is 8. The van der Waals surface area contributed by atoms with E-state index in [9.17, 15) is 24.2 Å². The van der Waals surface area contributed by atoms with Crippen LogP contribution in [0.5, 0.6) is 0 Å². The van der Waals surface area contributed by atoms with Crippen LogP contribution >= 0.6 is 13.4 Å². The number of hydrogen-bond donors (Lipinski definition) is 5. The molecule has 28 heteroatoms. The van der Waals surface area contributed by atoms with Crippen molar-refractivity contribution in [2.75, 3.05) is 23.8 Å². The first kappa shape index (κ1) is 47.6. The molecular weight excluding hydrogens is 950 g/mol. The standard InChI is InChI=1S/C37H47FN10O12P2S2Si/c1-18(2)31(49)45-36-44-30-24(33(51)46-36)42-17-48(30)35-27-26(60-65(6,7)37(3,4)5)21(57-35)14-55-61(52,63)58-25-20(13-54-62(53,64)59-27)56-34(22(25)38)47-16-41-23-28(39-15-40-29(23)47)43-32(50)19-11-9-8-10-12-19/h8-12,15-18,20-22,25-27,34-35H,13-14H2,1-7H3,(H,52,63)(H,53,64)(H,39,40,43,50)(H2,44,45,46,49,51)/t20-,21-,22?,25+,26+,27?,34-,35-,61?,62?/m1/s1. The topological polar surface area (TPSA) is 270 Å². The number of benzene rings is 1. The molecule has 10 atom stereocenters. The average molecular weight is 997 g/mol. The van der Waals surface area contributed by atoms with Crippen LogP contribution in [0.4, 0.5) is 16.2 Å². The van der Waals surface area contributed by atoms with Crippen LogP contribution in [0.15, 0.2) is 54.1 Å². The monoisotopic (exact) mass is 996 g/mol. The molecule has 0 radical (unpaired) electrons. The van der Waals surface area contributed by atoms with Crippen molar-refractivity contribution in [3.8, 4) is 0 Å². The Morgan fingerprint density at radius 3 is 2.18 bits per heavy atom. The van der Waals surface area contributed by atoms with E-state index in [0.29, 0.717) is 5.56 Å². The SMILES string of the molecule is CC(C)C(=O)Nc1nc2c(ncn2[C@@H]2O[C@@H]3COP(O)(=S)O[C@@H]4C(F)[C@H](n5cnc6c(NC(=O)c7ccccc7)ncnc65)O[C@@H]4COP(O)(=S)OC2[C@H]3O[Si](C)(C)C(C)(C)C)c(=O)[nH]1. The highest BCUT2D eigenvalue weighted by Gasteiger charge is 2.56. The van der Waals surface area contributed by atoms with Gasteiger partial charge in [0.15, 0.2) is 55.1 Å². The lowest BCUT2D eigenvalue weighted by molar-refractivity contribution is -0.118. The van der Waals surface area contributed by atoms with Gasteiger partial charge in [-0.25, -0.2) is 24.3 Å². The summed E-state index contributed by atoms with van der Waals surface area (Å²) in [5, 5.41) is 4.90. The Morgan fingerprint density at radius 2 is 1.52 bits per heavy atom. The molecule has 7 heterocycles. The van der Waals surface area contributed by atoms with Crippen molar-refractivity contribution in [3.63, 3.8) is 0 Å². The van der Waals surface area contributed by atoms with Crippen LogP contribution in [0.1, 0.15) is 57.4 Å². The zero-order valence-corrected chi connectivity index (χ0v) is 40.3. The normalized spacial score (nSPS) is 30.1. The van der Waals surface area contributed by atoms with Crippen LogP contribution in [-0.4, -0.2) is 119 Å². The minimum atomic E-state index is -4.40. The number of imidazole rings is 2. The molecule has 350 valence electrons. The molecule has 3 aliphatic heterocycles. The van der Waals surface area contributed by atoms with Gasteiger partial charge in [-0.3, -0.25) is 42.9 Å².